The molecule has 1 rings (SSSR count). The van der Waals surface area contributed by atoms with E-state index in [9.17, 15) is 22.8 Å². The van der Waals surface area contributed by atoms with Crippen LogP contribution in [0.15, 0.2) is 0 Å². The van der Waals surface area contributed by atoms with E-state index in [0.717, 1.165) is 4.90 Å². The Hall–Kier alpha value is -1.31. The largest absolute Gasteiger partial charge is 0.480 e. The first-order valence-electron chi connectivity index (χ1n) is 4.98. The average molecular weight is 255 g/mol. The lowest BCUT2D eigenvalue weighted by atomic mass is 10.2. The third-order valence-corrected chi connectivity index (χ3v) is 2.36. The van der Waals surface area contributed by atoms with Gasteiger partial charge in [0.2, 0.25) is 5.91 Å². The highest BCUT2D eigenvalue weighted by atomic mass is 19.4. The fraction of sp³-hybridized carbons (Fsp3) is 0.778. The number of hydrogen-bond donors (Lipinski definition) is 1. The summed E-state index contributed by atoms with van der Waals surface area (Å²) in [6.45, 7) is -0.0394. The Kier molecular flexibility index (Phi) is 4.33. The first kappa shape index (κ1) is 13.8. The molecule has 5 nitrogen and oxygen atoms in total. The van der Waals surface area contributed by atoms with Crippen molar-refractivity contribution >= 4 is 11.9 Å². The highest BCUT2D eigenvalue weighted by Crippen LogP contribution is 2.22. The van der Waals surface area contributed by atoms with E-state index in [-0.39, 0.29) is 19.8 Å². The van der Waals surface area contributed by atoms with Gasteiger partial charge in [0.25, 0.3) is 0 Å². The number of morpholine rings is 1. The molecule has 1 amide bonds. The highest BCUT2D eigenvalue weighted by Gasteiger charge is 2.35. The summed E-state index contributed by atoms with van der Waals surface area (Å²) in [5, 5.41) is 8.79. The molecule has 98 valence electrons. The van der Waals surface area contributed by atoms with Gasteiger partial charge in [-0.3, -0.25) is 4.79 Å². The number of ether oxygens (including phenoxy) is 1. The summed E-state index contributed by atoms with van der Waals surface area (Å²) in [6.07, 6.45) is -6.39. The maximum Gasteiger partial charge on any atom is 0.389 e. The standard InChI is InChI=1S/C9H12F3NO4/c10-9(11,12)2-1-7(14)13-3-4-17-5-6(13)8(15)16/h6H,1-5H2,(H,15,16). The molecule has 1 aliphatic rings. The van der Waals surface area contributed by atoms with E-state index in [2.05, 4.69) is 0 Å². The first-order chi connectivity index (χ1) is 7.81. The number of aliphatic carboxylic acids is 1. The predicted molar refractivity (Wildman–Crippen MR) is 49.2 cm³/mol. The van der Waals surface area contributed by atoms with E-state index in [0.29, 0.717) is 0 Å². The number of carboxylic acids is 1. The third-order valence-electron chi connectivity index (χ3n) is 2.36. The molecule has 0 aromatic carbocycles. The number of nitrogens with zero attached hydrogens (tertiary/aromatic N) is 1. The second-order valence-electron chi connectivity index (χ2n) is 3.63. The van der Waals surface area contributed by atoms with Gasteiger partial charge in [0.15, 0.2) is 6.04 Å². The summed E-state index contributed by atoms with van der Waals surface area (Å²) in [6, 6.07) is -1.19. The number of alkyl halides is 3. The minimum absolute atomic E-state index is 0.00760. The second-order valence-corrected chi connectivity index (χ2v) is 3.63. The molecule has 17 heavy (non-hydrogen) atoms. The van der Waals surface area contributed by atoms with Crippen LogP contribution in [-0.4, -0.2) is 53.9 Å². The maximum atomic E-state index is 11.9. The molecule has 0 spiro atoms. The number of carboxylic acid groups (broad SMARTS) is 1. The minimum atomic E-state index is -4.42. The van der Waals surface area contributed by atoms with Gasteiger partial charge in [0.05, 0.1) is 19.6 Å². The molecule has 1 aliphatic heterocycles. The van der Waals surface area contributed by atoms with E-state index in [1.807, 2.05) is 0 Å². The molecule has 0 radical (unpaired) electrons. The van der Waals surface area contributed by atoms with E-state index in [1.165, 1.54) is 0 Å². The van der Waals surface area contributed by atoms with Gasteiger partial charge in [-0.05, 0) is 0 Å². The molecule has 8 heteroatoms. The Morgan fingerprint density at radius 3 is 2.59 bits per heavy atom. The van der Waals surface area contributed by atoms with Gasteiger partial charge in [0.1, 0.15) is 0 Å². The lowest BCUT2D eigenvalue weighted by Crippen LogP contribution is -2.52. The van der Waals surface area contributed by atoms with Crippen molar-refractivity contribution in [2.45, 2.75) is 25.1 Å². The molecule has 0 aromatic rings. The van der Waals surface area contributed by atoms with Crippen LogP contribution in [0.3, 0.4) is 0 Å². The fourth-order valence-corrected chi connectivity index (χ4v) is 1.50. The molecule has 0 aromatic heterocycles. The number of rotatable bonds is 3. The van der Waals surface area contributed by atoms with E-state index in [4.69, 9.17) is 9.84 Å². The SMILES string of the molecule is O=C(O)C1COCCN1C(=O)CCC(F)(F)F. The molecule has 1 saturated heterocycles. The molecule has 0 bridgehead atoms. The predicted octanol–water partition coefficient (Wildman–Crippen LogP) is 0.641. The molecule has 0 aliphatic carbocycles. The van der Waals surface area contributed by atoms with Gasteiger partial charge in [-0.15, -0.1) is 0 Å². The zero-order valence-corrected chi connectivity index (χ0v) is 8.87. The van der Waals surface area contributed by atoms with Gasteiger partial charge >= 0.3 is 12.1 Å². The minimum Gasteiger partial charge on any atom is -0.480 e. The molecule has 0 saturated carbocycles. The Bertz CT molecular complexity index is 305. The van der Waals surface area contributed by atoms with Crippen LogP contribution in [0, 0.1) is 0 Å². The second kappa shape index (κ2) is 5.35. The molecular weight excluding hydrogens is 243 g/mol. The van der Waals surface area contributed by atoms with E-state index in [1.54, 1.807) is 0 Å². The van der Waals surface area contributed by atoms with E-state index < -0.39 is 36.9 Å². The van der Waals surface area contributed by atoms with Crippen LogP contribution in [0.5, 0.6) is 0 Å². The number of hydrogen-bond acceptors (Lipinski definition) is 3. The first-order valence-corrected chi connectivity index (χ1v) is 4.98. The Morgan fingerprint density at radius 2 is 2.06 bits per heavy atom. The van der Waals surface area contributed by atoms with Gasteiger partial charge in [0, 0.05) is 13.0 Å². The van der Waals surface area contributed by atoms with Crippen molar-refractivity contribution < 1.29 is 32.6 Å². The van der Waals surface area contributed by atoms with Crippen LogP contribution in [0.1, 0.15) is 12.8 Å². The molecular formula is C9H12F3NO4. The topological polar surface area (TPSA) is 66.8 Å². The van der Waals surface area contributed by atoms with Crippen LogP contribution in [0.25, 0.3) is 0 Å². The molecule has 1 N–H and O–H groups in total. The maximum absolute atomic E-state index is 11.9. The van der Waals surface area contributed by atoms with Gasteiger partial charge in [-0.1, -0.05) is 0 Å². The number of carbonyl (C=O) groups is 2. The van der Waals surface area contributed by atoms with Gasteiger partial charge < -0.3 is 14.7 Å². The monoisotopic (exact) mass is 255 g/mol. The van der Waals surface area contributed by atoms with Crippen LogP contribution >= 0.6 is 0 Å². The Balaban J connectivity index is 2.56. The summed E-state index contributed by atoms with van der Waals surface area (Å²) in [5.74, 6) is -2.08. The van der Waals surface area contributed by atoms with E-state index >= 15 is 0 Å². The van der Waals surface area contributed by atoms with Crippen LogP contribution < -0.4 is 0 Å². The number of amides is 1. The Labute approximate surface area is 95.1 Å². The summed E-state index contributed by atoms with van der Waals surface area (Å²) in [7, 11) is 0. The van der Waals surface area contributed by atoms with Crippen LogP contribution in [0.2, 0.25) is 0 Å². The zero-order valence-electron chi connectivity index (χ0n) is 8.87. The fourth-order valence-electron chi connectivity index (χ4n) is 1.50. The smallest absolute Gasteiger partial charge is 0.389 e. The van der Waals surface area contributed by atoms with Crippen molar-refractivity contribution in [2.75, 3.05) is 19.8 Å². The quantitative estimate of drug-likeness (QED) is 0.803. The molecule has 1 atom stereocenters. The molecule has 1 unspecified atom stereocenters. The Morgan fingerprint density at radius 1 is 1.41 bits per heavy atom. The van der Waals surface area contributed by atoms with Crippen molar-refractivity contribution in [2.24, 2.45) is 0 Å². The summed E-state index contributed by atoms with van der Waals surface area (Å²) >= 11 is 0. The number of carbonyl (C=O) groups excluding carboxylic acids is 1. The zero-order chi connectivity index (χ0) is 13.1. The third kappa shape index (κ3) is 4.22. The number of halogens is 3. The van der Waals surface area contributed by atoms with Crippen LogP contribution in [0.4, 0.5) is 13.2 Å². The molecule has 1 heterocycles. The average Bonchev–Trinajstić information content (AvgIpc) is 2.25. The van der Waals surface area contributed by atoms with Crippen molar-refractivity contribution in [3.8, 4) is 0 Å². The molecule has 1 fully saturated rings. The summed E-state index contributed by atoms with van der Waals surface area (Å²) in [4.78, 5) is 23.2. The van der Waals surface area contributed by atoms with Crippen molar-refractivity contribution in [3.05, 3.63) is 0 Å². The van der Waals surface area contributed by atoms with Gasteiger partial charge in [-0.2, -0.15) is 13.2 Å². The van der Waals surface area contributed by atoms with Gasteiger partial charge in [-0.25, -0.2) is 4.79 Å². The van der Waals surface area contributed by atoms with Crippen molar-refractivity contribution in [3.63, 3.8) is 0 Å². The summed E-state index contributed by atoms with van der Waals surface area (Å²) < 4.78 is 40.7. The highest BCUT2D eigenvalue weighted by molar-refractivity contribution is 5.84. The van der Waals surface area contributed by atoms with Crippen LogP contribution in [-0.2, 0) is 14.3 Å². The lowest BCUT2D eigenvalue weighted by molar-refractivity contribution is -0.162. The lowest BCUT2D eigenvalue weighted by Gasteiger charge is -2.33. The summed E-state index contributed by atoms with van der Waals surface area (Å²) in [5.41, 5.74) is 0. The van der Waals surface area contributed by atoms with Crippen molar-refractivity contribution in [1.82, 2.24) is 4.90 Å². The normalized spacial score (nSPS) is 21.4. The van der Waals surface area contributed by atoms with Crippen molar-refractivity contribution in [1.29, 1.82) is 0 Å².